The van der Waals surface area contributed by atoms with Gasteiger partial charge in [0.15, 0.2) is 0 Å². The minimum absolute atomic E-state index is 0.0545. The van der Waals surface area contributed by atoms with Gasteiger partial charge in [0.2, 0.25) is 0 Å². The van der Waals surface area contributed by atoms with E-state index in [0.717, 1.165) is 5.56 Å². The van der Waals surface area contributed by atoms with E-state index in [9.17, 15) is 4.79 Å². The van der Waals surface area contributed by atoms with Crippen LogP contribution >= 0.6 is 11.8 Å². The van der Waals surface area contributed by atoms with Crippen molar-refractivity contribution in [1.29, 1.82) is 0 Å². The van der Waals surface area contributed by atoms with E-state index in [4.69, 9.17) is 9.84 Å². The monoisotopic (exact) mass is 365 g/mol. The average molecular weight is 365 g/mol. The fraction of sp³-hybridized carbons (Fsp3) is 0.190. The number of amides is 1. The van der Waals surface area contributed by atoms with Gasteiger partial charge in [-0.2, -0.15) is 0 Å². The summed E-state index contributed by atoms with van der Waals surface area (Å²) in [6.45, 7) is 4.08. The van der Waals surface area contributed by atoms with Crippen molar-refractivity contribution in [2.24, 2.45) is 0 Å². The number of benzene rings is 3. The van der Waals surface area contributed by atoms with E-state index < -0.39 is 11.7 Å². The van der Waals surface area contributed by atoms with E-state index in [0.29, 0.717) is 11.4 Å². The molecule has 3 aromatic rings. The van der Waals surface area contributed by atoms with Gasteiger partial charge in [-0.15, -0.1) is 11.8 Å². The van der Waals surface area contributed by atoms with E-state index >= 15 is 0 Å². The minimum Gasteiger partial charge on any atom is -0.484 e. The second-order valence-electron chi connectivity index (χ2n) is 6.83. The number of ether oxygens (including phenoxy) is 1. The number of fused-ring (bicyclic) bond motifs is 2. The molecule has 1 atom stereocenters. The lowest BCUT2D eigenvalue weighted by Gasteiger charge is -2.26. The third kappa shape index (κ3) is 2.88. The Hall–Kier alpha value is -2.66. The van der Waals surface area contributed by atoms with E-state index in [2.05, 4.69) is 35.6 Å². The second-order valence-corrected chi connectivity index (χ2v) is 7.98. The first-order chi connectivity index (χ1) is 12.5. The molecule has 132 valence electrons. The molecule has 0 saturated heterocycles. The fourth-order valence-electron chi connectivity index (χ4n) is 3.41. The lowest BCUT2D eigenvalue weighted by molar-refractivity contribution is 0.136. The molecule has 0 spiro atoms. The third-order valence-corrected chi connectivity index (χ3v) is 6.23. The zero-order valence-electron chi connectivity index (χ0n) is 14.5. The summed E-state index contributed by atoms with van der Waals surface area (Å²) >= 11 is 1.76. The Kier molecular flexibility index (Phi) is 4.04. The lowest BCUT2D eigenvalue weighted by atomic mass is 10.0. The largest absolute Gasteiger partial charge is 0.484 e. The highest BCUT2D eigenvalue weighted by Gasteiger charge is 2.43. The SMILES string of the molecule is CC1(C)Oc2c(NC(=O)O)cccc2C1Sc1cccc2ccccc12. The molecule has 1 amide bonds. The minimum atomic E-state index is -1.09. The molecule has 3 aromatic carbocycles. The van der Waals surface area contributed by atoms with Crippen molar-refractivity contribution in [1.82, 2.24) is 0 Å². The number of nitrogens with one attached hydrogen (secondary N) is 1. The van der Waals surface area contributed by atoms with Crippen LogP contribution in [0.1, 0.15) is 24.7 Å². The van der Waals surface area contributed by atoms with Gasteiger partial charge >= 0.3 is 6.09 Å². The van der Waals surface area contributed by atoms with Crippen LogP contribution in [0, 0.1) is 0 Å². The zero-order chi connectivity index (χ0) is 18.3. The van der Waals surface area contributed by atoms with E-state index in [1.165, 1.54) is 15.7 Å². The van der Waals surface area contributed by atoms with Crippen molar-refractivity contribution in [3.63, 3.8) is 0 Å². The third-order valence-electron chi connectivity index (χ3n) is 4.56. The van der Waals surface area contributed by atoms with Crippen LogP contribution < -0.4 is 10.1 Å². The van der Waals surface area contributed by atoms with Crippen LogP contribution in [0.5, 0.6) is 5.75 Å². The van der Waals surface area contributed by atoms with Gasteiger partial charge in [0.05, 0.1) is 10.9 Å². The normalized spacial score (nSPS) is 17.5. The molecule has 0 bridgehead atoms. The molecule has 1 aliphatic rings. The van der Waals surface area contributed by atoms with Crippen LogP contribution in [0.4, 0.5) is 10.5 Å². The maximum absolute atomic E-state index is 11.1. The molecule has 1 unspecified atom stereocenters. The molecule has 0 radical (unpaired) electrons. The maximum atomic E-state index is 11.1. The Morgan fingerprint density at radius 3 is 2.62 bits per heavy atom. The number of hydrogen-bond donors (Lipinski definition) is 2. The van der Waals surface area contributed by atoms with Gasteiger partial charge < -0.3 is 9.84 Å². The Labute approximate surface area is 156 Å². The summed E-state index contributed by atoms with van der Waals surface area (Å²) in [5.41, 5.74) is 1.04. The highest BCUT2D eigenvalue weighted by molar-refractivity contribution is 7.99. The fourth-order valence-corrected chi connectivity index (χ4v) is 4.78. The highest BCUT2D eigenvalue weighted by atomic mass is 32.2. The maximum Gasteiger partial charge on any atom is 0.409 e. The summed E-state index contributed by atoms with van der Waals surface area (Å²) in [6.07, 6.45) is -1.09. The van der Waals surface area contributed by atoms with Gasteiger partial charge in [0.1, 0.15) is 11.4 Å². The van der Waals surface area contributed by atoms with Gasteiger partial charge in [-0.3, -0.25) is 5.32 Å². The van der Waals surface area contributed by atoms with Gasteiger partial charge in [-0.1, -0.05) is 48.5 Å². The summed E-state index contributed by atoms with van der Waals surface area (Å²) in [6, 6.07) is 20.2. The number of anilines is 1. The molecule has 1 heterocycles. The average Bonchev–Trinajstić information content (AvgIpc) is 2.86. The Morgan fingerprint density at radius 1 is 1.08 bits per heavy atom. The van der Waals surface area contributed by atoms with Crippen LogP contribution in [0.3, 0.4) is 0 Å². The Bertz CT molecular complexity index is 994. The molecule has 4 nitrogen and oxygen atoms in total. The van der Waals surface area contributed by atoms with Gasteiger partial charge in [-0.25, -0.2) is 4.79 Å². The summed E-state index contributed by atoms with van der Waals surface area (Å²) in [7, 11) is 0. The molecule has 0 fully saturated rings. The number of carbonyl (C=O) groups is 1. The van der Waals surface area contributed by atoms with Crippen molar-refractivity contribution in [2.45, 2.75) is 29.6 Å². The number of hydrogen-bond acceptors (Lipinski definition) is 3. The number of carboxylic acid groups (broad SMARTS) is 1. The number of rotatable bonds is 3. The number of thioether (sulfide) groups is 1. The van der Waals surface area contributed by atoms with Crippen molar-refractivity contribution < 1.29 is 14.6 Å². The molecule has 0 aliphatic carbocycles. The van der Waals surface area contributed by atoms with E-state index in [-0.39, 0.29) is 5.25 Å². The van der Waals surface area contributed by atoms with Crippen LogP contribution in [0.25, 0.3) is 10.8 Å². The first-order valence-corrected chi connectivity index (χ1v) is 9.30. The lowest BCUT2D eigenvalue weighted by Crippen LogP contribution is -2.28. The van der Waals surface area contributed by atoms with Crippen LogP contribution in [0.15, 0.2) is 65.6 Å². The predicted octanol–water partition coefficient (Wildman–Crippen LogP) is 5.93. The summed E-state index contributed by atoms with van der Waals surface area (Å²) in [5.74, 6) is 0.623. The standard InChI is InChI=1S/C21H19NO3S/c1-21(2)19(15-10-6-11-16(18(15)25-21)22-20(23)24)26-17-12-5-8-13-7-3-4-9-14(13)17/h3-12,19,22H,1-2H3,(H,23,24). The smallest absolute Gasteiger partial charge is 0.409 e. The van der Waals surface area contributed by atoms with Crippen LogP contribution in [0.2, 0.25) is 0 Å². The van der Waals surface area contributed by atoms with Gasteiger partial charge in [0, 0.05) is 10.5 Å². The highest BCUT2D eigenvalue weighted by Crippen LogP contribution is 2.55. The van der Waals surface area contributed by atoms with Gasteiger partial charge in [-0.05, 0) is 36.8 Å². The molecular weight excluding hydrogens is 346 g/mol. The van der Waals surface area contributed by atoms with Crippen molar-refractivity contribution in [3.8, 4) is 5.75 Å². The van der Waals surface area contributed by atoms with Crippen molar-refractivity contribution in [2.75, 3.05) is 5.32 Å². The topological polar surface area (TPSA) is 58.6 Å². The first kappa shape index (κ1) is 16.8. The summed E-state index contributed by atoms with van der Waals surface area (Å²) in [5, 5.41) is 14.0. The van der Waals surface area contributed by atoms with Crippen molar-refractivity contribution in [3.05, 3.63) is 66.2 Å². The molecule has 2 N–H and O–H groups in total. The number of para-hydroxylation sites is 1. The summed E-state index contributed by atoms with van der Waals surface area (Å²) < 4.78 is 6.18. The van der Waals surface area contributed by atoms with Crippen LogP contribution in [-0.2, 0) is 0 Å². The van der Waals surface area contributed by atoms with Gasteiger partial charge in [0.25, 0.3) is 0 Å². The van der Waals surface area contributed by atoms with E-state index in [1.807, 2.05) is 38.1 Å². The summed E-state index contributed by atoms with van der Waals surface area (Å²) in [4.78, 5) is 12.3. The molecule has 26 heavy (non-hydrogen) atoms. The second kappa shape index (κ2) is 6.25. The molecule has 0 saturated carbocycles. The molecule has 5 heteroatoms. The van der Waals surface area contributed by atoms with E-state index in [1.54, 1.807) is 17.8 Å². The zero-order valence-corrected chi connectivity index (χ0v) is 15.3. The molecular formula is C21H19NO3S. The molecule has 4 rings (SSSR count). The molecule has 1 aliphatic heterocycles. The quantitative estimate of drug-likeness (QED) is 0.603. The predicted molar refractivity (Wildman–Crippen MR) is 105 cm³/mol. The van der Waals surface area contributed by atoms with Crippen LogP contribution in [-0.4, -0.2) is 16.8 Å². The Balaban J connectivity index is 1.77. The molecule has 0 aromatic heterocycles. The van der Waals surface area contributed by atoms with Crippen molar-refractivity contribution >= 4 is 34.3 Å². The first-order valence-electron chi connectivity index (χ1n) is 8.42. The Morgan fingerprint density at radius 2 is 1.81 bits per heavy atom.